The SMILES string of the molecule is CCNS(=O)(=O)CCNC(=O)CCC(C)(C)N. The van der Waals surface area contributed by atoms with E-state index >= 15 is 0 Å². The molecule has 7 heteroatoms. The van der Waals surface area contributed by atoms with E-state index in [9.17, 15) is 13.2 Å². The fourth-order valence-electron chi connectivity index (χ4n) is 1.14. The van der Waals surface area contributed by atoms with E-state index < -0.39 is 10.0 Å². The highest BCUT2D eigenvalue weighted by Gasteiger charge is 2.14. The highest BCUT2D eigenvalue weighted by atomic mass is 32.2. The fourth-order valence-corrected chi connectivity index (χ4v) is 2.10. The largest absolute Gasteiger partial charge is 0.355 e. The van der Waals surface area contributed by atoms with Crippen LogP contribution in [0.25, 0.3) is 0 Å². The number of rotatable bonds is 8. The molecule has 0 aliphatic rings. The van der Waals surface area contributed by atoms with Gasteiger partial charge in [0, 0.05) is 25.0 Å². The lowest BCUT2D eigenvalue weighted by Crippen LogP contribution is -2.37. The summed E-state index contributed by atoms with van der Waals surface area (Å²) in [6.07, 6.45) is 0.879. The number of carbonyl (C=O) groups excluding carboxylic acids is 1. The molecule has 102 valence electrons. The van der Waals surface area contributed by atoms with E-state index in [1.54, 1.807) is 6.92 Å². The zero-order chi connectivity index (χ0) is 13.5. The zero-order valence-corrected chi connectivity index (χ0v) is 11.6. The minimum Gasteiger partial charge on any atom is -0.355 e. The first-order chi connectivity index (χ1) is 7.66. The third kappa shape index (κ3) is 10.2. The van der Waals surface area contributed by atoms with Gasteiger partial charge in [-0.3, -0.25) is 4.79 Å². The predicted molar refractivity (Wildman–Crippen MR) is 68.0 cm³/mol. The number of amides is 1. The van der Waals surface area contributed by atoms with Gasteiger partial charge in [0.05, 0.1) is 5.75 Å². The molecular formula is C10H23N3O3S. The van der Waals surface area contributed by atoms with Crippen LogP contribution in [0.15, 0.2) is 0 Å². The Balaban J connectivity index is 3.79. The molecule has 0 aromatic rings. The molecular weight excluding hydrogens is 242 g/mol. The molecule has 0 unspecified atom stereocenters. The molecule has 0 saturated carbocycles. The Labute approximate surface area is 103 Å². The fraction of sp³-hybridized carbons (Fsp3) is 0.900. The van der Waals surface area contributed by atoms with Gasteiger partial charge >= 0.3 is 0 Å². The van der Waals surface area contributed by atoms with Gasteiger partial charge in [-0.2, -0.15) is 0 Å². The molecule has 0 aliphatic carbocycles. The average molecular weight is 265 g/mol. The molecule has 0 bridgehead atoms. The minimum atomic E-state index is -3.26. The second kappa shape index (κ2) is 6.93. The monoisotopic (exact) mass is 265 g/mol. The van der Waals surface area contributed by atoms with Crippen molar-refractivity contribution in [2.45, 2.75) is 39.2 Å². The predicted octanol–water partition coefficient (Wildman–Crippen LogP) is -0.441. The van der Waals surface area contributed by atoms with E-state index in [0.29, 0.717) is 19.4 Å². The third-order valence-electron chi connectivity index (χ3n) is 2.05. The minimum absolute atomic E-state index is 0.0986. The van der Waals surface area contributed by atoms with Crippen molar-refractivity contribution in [3.05, 3.63) is 0 Å². The number of nitrogens with one attached hydrogen (secondary N) is 2. The Morgan fingerprint density at radius 3 is 2.41 bits per heavy atom. The summed E-state index contributed by atoms with van der Waals surface area (Å²) < 4.78 is 24.8. The quantitative estimate of drug-likeness (QED) is 0.553. The topological polar surface area (TPSA) is 101 Å². The summed E-state index contributed by atoms with van der Waals surface area (Å²) >= 11 is 0. The molecule has 0 saturated heterocycles. The van der Waals surface area contributed by atoms with Crippen LogP contribution in [0.3, 0.4) is 0 Å². The van der Waals surface area contributed by atoms with E-state index in [1.165, 1.54) is 0 Å². The maximum Gasteiger partial charge on any atom is 0.220 e. The van der Waals surface area contributed by atoms with Crippen LogP contribution in [0.1, 0.15) is 33.6 Å². The first-order valence-electron chi connectivity index (χ1n) is 5.69. The van der Waals surface area contributed by atoms with Crippen molar-refractivity contribution < 1.29 is 13.2 Å². The van der Waals surface area contributed by atoms with E-state index in [0.717, 1.165) is 0 Å². The normalized spacial score (nSPS) is 12.5. The van der Waals surface area contributed by atoms with Gasteiger partial charge < -0.3 is 11.1 Å². The van der Waals surface area contributed by atoms with Crippen LogP contribution in [-0.4, -0.2) is 38.7 Å². The van der Waals surface area contributed by atoms with Gasteiger partial charge in [0.25, 0.3) is 0 Å². The maximum absolute atomic E-state index is 11.4. The van der Waals surface area contributed by atoms with Crippen molar-refractivity contribution in [2.24, 2.45) is 5.73 Å². The van der Waals surface area contributed by atoms with Gasteiger partial charge in [0.15, 0.2) is 0 Å². The smallest absolute Gasteiger partial charge is 0.220 e. The molecule has 0 radical (unpaired) electrons. The molecule has 6 nitrogen and oxygen atoms in total. The van der Waals surface area contributed by atoms with Crippen molar-refractivity contribution in [1.82, 2.24) is 10.0 Å². The maximum atomic E-state index is 11.4. The molecule has 0 heterocycles. The van der Waals surface area contributed by atoms with Gasteiger partial charge in [-0.25, -0.2) is 13.1 Å². The standard InChI is InChI=1S/C10H23N3O3S/c1-4-13-17(15,16)8-7-12-9(14)5-6-10(2,3)11/h13H,4-8,11H2,1-3H3,(H,12,14). The Bertz CT molecular complexity index is 333. The van der Waals surface area contributed by atoms with Gasteiger partial charge in [-0.05, 0) is 20.3 Å². The highest BCUT2D eigenvalue weighted by Crippen LogP contribution is 2.06. The van der Waals surface area contributed by atoms with Gasteiger partial charge in [0.2, 0.25) is 15.9 Å². The number of carbonyl (C=O) groups is 1. The molecule has 0 aliphatic heterocycles. The van der Waals surface area contributed by atoms with Crippen molar-refractivity contribution in [3.63, 3.8) is 0 Å². The summed E-state index contributed by atoms with van der Waals surface area (Å²) in [5.41, 5.74) is 5.35. The number of nitrogens with two attached hydrogens (primary N) is 1. The first-order valence-corrected chi connectivity index (χ1v) is 7.34. The summed E-state index contributed by atoms with van der Waals surface area (Å²) in [7, 11) is -3.26. The van der Waals surface area contributed by atoms with Gasteiger partial charge in [0.1, 0.15) is 0 Å². The highest BCUT2D eigenvalue weighted by molar-refractivity contribution is 7.89. The van der Waals surface area contributed by atoms with Crippen molar-refractivity contribution in [3.8, 4) is 0 Å². The van der Waals surface area contributed by atoms with Crippen LogP contribution >= 0.6 is 0 Å². The average Bonchev–Trinajstić information content (AvgIpc) is 2.13. The Morgan fingerprint density at radius 2 is 1.94 bits per heavy atom. The lowest BCUT2D eigenvalue weighted by molar-refractivity contribution is -0.121. The van der Waals surface area contributed by atoms with Crippen LogP contribution in [0.2, 0.25) is 0 Å². The molecule has 0 spiro atoms. The van der Waals surface area contributed by atoms with E-state index in [4.69, 9.17) is 5.73 Å². The van der Waals surface area contributed by atoms with E-state index in [1.807, 2.05) is 13.8 Å². The number of sulfonamides is 1. The second-order valence-corrected chi connectivity index (χ2v) is 6.58. The Hall–Kier alpha value is -0.660. The van der Waals surface area contributed by atoms with Crippen LogP contribution in [0.5, 0.6) is 0 Å². The Morgan fingerprint density at radius 1 is 1.35 bits per heavy atom. The lowest BCUT2D eigenvalue weighted by atomic mass is 10.00. The van der Waals surface area contributed by atoms with Crippen LogP contribution in [0, 0.1) is 0 Å². The molecule has 0 aromatic carbocycles. The summed E-state index contributed by atoms with van der Waals surface area (Å²) in [5, 5.41) is 2.56. The molecule has 0 fully saturated rings. The Kier molecular flexibility index (Phi) is 6.66. The summed E-state index contributed by atoms with van der Waals surface area (Å²) in [4.78, 5) is 11.4. The zero-order valence-electron chi connectivity index (χ0n) is 10.7. The lowest BCUT2D eigenvalue weighted by Gasteiger charge is -2.17. The van der Waals surface area contributed by atoms with Crippen LogP contribution < -0.4 is 15.8 Å². The molecule has 1 amide bonds. The van der Waals surface area contributed by atoms with Crippen LogP contribution in [0.4, 0.5) is 0 Å². The third-order valence-corrected chi connectivity index (χ3v) is 3.52. The molecule has 0 rings (SSSR count). The molecule has 0 aromatic heterocycles. The summed E-state index contributed by atoms with van der Waals surface area (Å²) in [6.45, 7) is 5.88. The number of hydrogen-bond acceptors (Lipinski definition) is 4. The summed E-state index contributed by atoms with van der Waals surface area (Å²) in [6, 6.07) is 0. The molecule has 0 atom stereocenters. The molecule has 17 heavy (non-hydrogen) atoms. The van der Waals surface area contributed by atoms with Crippen LogP contribution in [-0.2, 0) is 14.8 Å². The van der Waals surface area contributed by atoms with Crippen molar-refractivity contribution >= 4 is 15.9 Å². The van der Waals surface area contributed by atoms with Gasteiger partial charge in [-0.15, -0.1) is 0 Å². The van der Waals surface area contributed by atoms with Gasteiger partial charge in [-0.1, -0.05) is 6.92 Å². The van der Waals surface area contributed by atoms with Crippen molar-refractivity contribution in [2.75, 3.05) is 18.8 Å². The van der Waals surface area contributed by atoms with E-state index in [-0.39, 0.29) is 23.7 Å². The molecule has 4 N–H and O–H groups in total. The number of hydrogen-bond donors (Lipinski definition) is 3. The van der Waals surface area contributed by atoms with E-state index in [2.05, 4.69) is 10.0 Å². The summed E-state index contributed by atoms with van der Waals surface area (Å²) in [5.74, 6) is -0.270. The van der Waals surface area contributed by atoms with Crippen molar-refractivity contribution in [1.29, 1.82) is 0 Å². The first kappa shape index (κ1) is 16.3. The second-order valence-electron chi connectivity index (χ2n) is 4.66.